The van der Waals surface area contributed by atoms with Crippen molar-refractivity contribution in [3.63, 3.8) is 0 Å². The lowest BCUT2D eigenvalue weighted by molar-refractivity contribution is 0.241. The van der Waals surface area contributed by atoms with Gasteiger partial charge >= 0.3 is 0 Å². The van der Waals surface area contributed by atoms with Crippen LogP contribution in [0.5, 0.6) is 0 Å². The maximum Gasteiger partial charge on any atom is 0.0604 e. The van der Waals surface area contributed by atoms with Crippen LogP contribution in [0.3, 0.4) is 0 Å². The monoisotopic (exact) mass is 221 g/mol. The van der Waals surface area contributed by atoms with Crippen LogP contribution in [0.1, 0.15) is 19.4 Å². The maximum atomic E-state index is 5.93. The zero-order valence-corrected chi connectivity index (χ0v) is 9.96. The van der Waals surface area contributed by atoms with Crippen LogP contribution in [0.4, 0.5) is 0 Å². The third-order valence-electron chi connectivity index (χ3n) is 2.30. The Morgan fingerprint density at radius 3 is 2.73 bits per heavy atom. The van der Waals surface area contributed by atoms with Gasteiger partial charge < -0.3 is 0 Å². The zero-order chi connectivity index (χ0) is 11.3. The molecule has 0 bridgehead atoms. The molecule has 1 nitrogen and oxygen atoms in total. The molecule has 0 heterocycles. The first-order chi connectivity index (χ1) is 7.13. The maximum absolute atomic E-state index is 5.93. The second kappa shape index (κ2) is 5.80. The second-order valence-corrected chi connectivity index (χ2v) is 4.27. The van der Waals surface area contributed by atoms with Crippen molar-refractivity contribution in [3.05, 3.63) is 34.9 Å². The van der Waals surface area contributed by atoms with E-state index in [0.717, 1.165) is 11.6 Å². The Morgan fingerprint density at radius 2 is 2.20 bits per heavy atom. The van der Waals surface area contributed by atoms with Crippen LogP contribution in [0, 0.1) is 12.3 Å². The average Bonchev–Trinajstić information content (AvgIpc) is 2.17. The van der Waals surface area contributed by atoms with Gasteiger partial charge in [-0.3, -0.25) is 4.90 Å². The molecule has 2 heteroatoms. The molecule has 0 fully saturated rings. The summed E-state index contributed by atoms with van der Waals surface area (Å²) in [6.45, 7) is 5.80. The Labute approximate surface area is 97.0 Å². The van der Waals surface area contributed by atoms with Gasteiger partial charge in [0, 0.05) is 17.6 Å². The van der Waals surface area contributed by atoms with Crippen LogP contribution < -0.4 is 0 Å². The molecule has 0 aromatic heterocycles. The average molecular weight is 222 g/mol. The van der Waals surface area contributed by atoms with Gasteiger partial charge in [0.25, 0.3) is 0 Å². The molecule has 1 aromatic carbocycles. The number of rotatable bonds is 4. The number of terminal acetylenes is 1. The Bertz CT molecular complexity index is 352. The summed E-state index contributed by atoms with van der Waals surface area (Å²) in [5.74, 6) is 2.68. The molecule has 0 N–H and O–H groups in total. The minimum Gasteiger partial charge on any atom is -0.286 e. The summed E-state index contributed by atoms with van der Waals surface area (Å²) in [6.07, 6.45) is 5.33. The third-order valence-corrected chi connectivity index (χ3v) is 2.53. The molecule has 1 rings (SSSR count). The summed E-state index contributed by atoms with van der Waals surface area (Å²) in [6, 6.07) is 8.34. The molecular formula is C13H16ClN. The SMILES string of the molecule is C#CCN(Cc1cccc(Cl)c1)C(C)C. The van der Waals surface area contributed by atoms with Crippen molar-refractivity contribution < 1.29 is 0 Å². The second-order valence-electron chi connectivity index (χ2n) is 3.83. The number of nitrogens with zero attached hydrogens (tertiary/aromatic N) is 1. The van der Waals surface area contributed by atoms with Crippen LogP contribution in [-0.4, -0.2) is 17.5 Å². The van der Waals surface area contributed by atoms with Crippen molar-refractivity contribution >= 4 is 11.6 Å². The van der Waals surface area contributed by atoms with Crippen molar-refractivity contribution in [2.24, 2.45) is 0 Å². The first-order valence-electron chi connectivity index (χ1n) is 5.05. The van der Waals surface area contributed by atoms with Crippen molar-refractivity contribution in [1.82, 2.24) is 4.90 Å². The predicted molar refractivity (Wildman–Crippen MR) is 65.8 cm³/mol. The Morgan fingerprint density at radius 1 is 1.47 bits per heavy atom. The van der Waals surface area contributed by atoms with Crippen molar-refractivity contribution in [3.8, 4) is 12.3 Å². The molecule has 0 saturated heterocycles. The molecule has 1 aromatic rings. The molecule has 0 aliphatic heterocycles. The highest BCUT2D eigenvalue weighted by Gasteiger charge is 2.08. The van der Waals surface area contributed by atoms with Crippen LogP contribution >= 0.6 is 11.6 Å². The van der Waals surface area contributed by atoms with E-state index in [1.54, 1.807) is 0 Å². The summed E-state index contributed by atoms with van der Waals surface area (Å²) in [4.78, 5) is 2.23. The smallest absolute Gasteiger partial charge is 0.0604 e. The predicted octanol–water partition coefficient (Wildman–Crippen LogP) is 3.18. The number of hydrogen-bond acceptors (Lipinski definition) is 1. The van der Waals surface area contributed by atoms with Gasteiger partial charge in [-0.15, -0.1) is 6.42 Å². The highest BCUT2D eigenvalue weighted by molar-refractivity contribution is 6.30. The van der Waals surface area contributed by atoms with Gasteiger partial charge in [-0.1, -0.05) is 29.7 Å². The topological polar surface area (TPSA) is 3.24 Å². The first kappa shape index (κ1) is 12.1. The van der Waals surface area contributed by atoms with E-state index in [1.165, 1.54) is 5.56 Å². The van der Waals surface area contributed by atoms with Gasteiger partial charge in [0.2, 0.25) is 0 Å². The fourth-order valence-corrected chi connectivity index (χ4v) is 1.62. The summed E-state index contributed by atoms with van der Waals surface area (Å²) in [5, 5.41) is 0.775. The zero-order valence-electron chi connectivity index (χ0n) is 9.20. The van der Waals surface area contributed by atoms with Gasteiger partial charge in [0.1, 0.15) is 0 Å². The summed E-state index contributed by atoms with van der Waals surface area (Å²) < 4.78 is 0. The highest BCUT2D eigenvalue weighted by Crippen LogP contribution is 2.13. The molecule has 0 aliphatic carbocycles. The van der Waals surface area contributed by atoms with Crippen LogP contribution in [0.2, 0.25) is 5.02 Å². The summed E-state index contributed by atoms with van der Waals surface area (Å²) in [5.41, 5.74) is 1.20. The molecule has 15 heavy (non-hydrogen) atoms. The molecule has 0 amide bonds. The van der Waals surface area contributed by atoms with Crippen LogP contribution in [0.15, 0.2) is 24.3 Å². The lowest BCUT2D eigenvalue weighted by Crippen LogP contribution is -2.30. The van der Waals surface area contributed by atoms with Gasteiger partial charge in [-0.25, -0.2) is 0 Å². The molecule has 0 spiro atoms. The van der Waals surface area contributed by atoms with E-state index in [2.05, 4.69) is 30.7 Å². The Balaban J connectivity index is 2.70. The lowest BCUT2D eigenvalue weighted by Gasteiger charge is -2.24. The number of halogens is 1. The third kappa shape index (κ3) is 3.95. The van der Waals surface area contributed by atoms with Gasteiger partial charge in [-0.2, -0.15) is 0 Å². The minimum atomic E-state index is 0.444. The summed E-state index contributed by atoms with van der Waals surface area (Å²) in [7, 11) is 0. The largest absolute Gasteiger partial charge is 0.286 e. The standard InChI is InChI=1S/C13H16ClN/c1-4-8-15(11(2)3)10-12-6-5-7-13(14)9-12/h1,5-7,9,11H,8,10H2,2-3H3. The molecule has 0 aliphatic rings. The lowest BCUT2D eigenvalue weighted by atomic mass is 10.2. The molecule has 80 valence electrons. The van der Waals surface area contributed by atoms with E-state index in [9.17, 15) is 0 Å². The van der Waals surface area contributed by atoms with Crippen LogP contribution in [0.25, 0.3) is 0 Å². The Hall–Kier alpha value is -0.970. The van der Waals surface area contributed by atoms with E-state index in [-0.39, 0.29) is 0 Å². The molecule has 0 atom stereocenters. The number of hydrogen-bond donors (Lipinski definition) is 0. The quantitative estimate of drug-likeness (QED) is 0.706. The van der Waals surface area contributed by atoms with Crippen molar-refractivity contribution in [1.29, 1.82) is 0 Å². The van der Waals surface area contributed by atoms with E-state index >= 15 is 0 Å². The van der Waals surface area contributed by atoms with Crippen molar-refractivity contribution in [2.45, 2.75) is 26.4 Å². The molecule has 0 radical (unpaired) electrons. The Kier molecular flexibility index (Phi) is 4.68. The van der Waals surface area contributed by atoms with Crippen LogP contribution in [-0.2, 0) is 6.54 Å². The molecular weight excluding hydrogens is 206 g/mol. The molecule has 0 unspecified atom stereocenters. The van der Waals surface area contributed by atoms with Gasteiger partial charge in [-0.05, 0) is 31.5 Å². The number of benzene rings is 1. The first-order valence-corrected chi connectivity index (χ1v) is 5.43. The molecule has 0 saturated carbocycles. The fraction of sp³-hybridized carbons (Fsp3) is 0.385. The van der Waals surface area contributed by atoms with Crippen molar-refractivity contribution in [2.75, 3.05) is 6.54 Å². The van der Waals surface area contributed by atoms with E-state index in [4.69, 9.17) is 18.0 Å². The fourth-order valence-electron chi connectivity index (χ4n) is 1.41. The van der Waals surface area contributed by atoms with E-state index in [1.807, 2.05) is 18.2 Å². The van der Waals surface area contributed by atoms with Gasteiger partial charge in [0.15, 0.2) is 0 Å². The highest BCUT2D eigenvalue weighted by atomic mass is 35.5. The minimum absolute atomic E-state index is 0.444. The van der Waals surface area contributed by atoms with E-state index in [0.29, 0.717) is 12.6 Å². The van der Waals surface area contributed by atoms with E-state index < -0.39 is 0 Å². The normalized spacial score (nSPS) is 10.7. The van der Waals surface area contributed by atoms with Gasteiger partial charge in [0.05, 0.1) is 6.54 Å². The summed E-state index contributed by atoms with van der Waals surface area (Å²) >= 11 is 5.93.